The van der Waals surface area contributed by atoms with Crippen LogP contribution in [0.4, 0.5) is 11.4 Å². The van der Waals surface area contributed by atoms with Gasteiger partial charge in [-0.3, -0.25) is 15.1 Å². The lowest BCUT2D eigenvalue weighted by molar-refractivity contribution is -0.386. The first-order valence-corrected chi connectivity index (χ1v) is 7.53. The molecule has 0 aliphatic rings. The number of pyridine rings is 1. The summed E-state index contributed by atoms with van der Waals surface area (Å²) < 4.78 is 0. The molecule has 5 nitrogen and oxygen atoms in total. The molecule has 0 radical (unpaired) electrons. The summed E-state index contributed by atoms with van der Waals surface area (Å²) >= 11 is 7.48. The summed E-state index contributed by atoms with van der Waals surface area (Å²) in [6.45, 7) is 3.42. The number of rotatable bonds is 4. The summed E-state index contributed by atoms with van der Waals surface area (Å²) in [6.07, 6.45) is 1.54. The molecule has 1 heterocycles. The molecule has 0 aliphatic carbocycles. The highest BCUT2D eigenvalue weighted by Crippen LogP contribution is 2.31. The lowest BCUT2D eigenvalue weighted by Crippen LogP contribution is -2.01. The van der Waals surface area contributed by atoms with Gasteiger partial charge >= 0.3 is 0 Å². The maximum atomic E-state index is 11.1. The predicted molar refractivity (Wildman–Crippen MR) is 85.8 cm³/mol. The summed E-state index contributed by atoms with van der Waals surface area (Å²) in [5, 5.41) is 11.6. The van der Waals surface area contributed by atoms with Crippen molar-refractivity contribution >= 4 is 34.7 Å². The van der Waals surface area contributed by atoms with Crippen LogP contribution in [0.3, 0.4) is 0 Å². The van der Waals surface area contributed by atoms with Gasteiger partial charge in [-0.15, -0.1) is 11.8 Å². The number of nitrogen functional groups attached to an aromatic ring is 1. The van der Waals surface area contributed by atoms with Gasteiger partial charge in [-0.1, -0.05) is 11.6 Å². The topological polar surface area (TPSA) is 82.0 Å². The van der Waals surface area contributed by atoms with Gasteiger partial charge in [0.25, 0.3) is 5.69 Å². The van der Waals surface area contributed by atoms with Gasteiger partial charge in [-0.2, -0.15) is 0 Å². The van der Waals surface area contributed by atoms with Crippen molar-refractivity contribution in [3.05, 3.63) is 56.4 Å². The maximum Gasteiger partial charge on any atom is 0.278 e. The standard InChI is InChI=1S/C14H14ClN3O2S/c1-8-6-17-13(9(2)14(8)18(19)20)7-21-10-3-4-12(16)11(15)5-10/h3-6H,7,16H2,1-2H3. The number of aromatic nitrogens is 1. The summed E-state index contributed by atoms with van der Waals surface area (Å²) in [5.41, 5.74) is 8.20. The van der Waals surface area contributed by atoms with E-state index in [0.29, 0.717) is 33.3 Å². The van der Waals surface area contributed by atoms with E-state index >= 15 is 0 Å². The van der Waals surface area contributed by atoms with E-state index in [-0.39, 0.29) is 10.6 Å². The van der Waals surface area contributed by atoms with E-state index in [9.17, 15) is 10.1 Å². The van der Waals surface area contributed by atoms with Crippen molar-refractivity contribution in [1.29, 1.82) is 0 Å². The zero-order valence-electron chi connectivity index (χ0n) is 11.6. The largest absolute Gasteiger partial charge is 0.398 e. The van der Waals surface area contributed by atoms with Crippen molar-refractivity contribution in [2.45, 2.75) is 24.5 Å². The fourth-order valence-corrected chi connectivity index (χ4v) is 3.15. The Balaban J connectivity index is 2.22. The molecule has 1 aromatic carbocycles. The maximum absolute atomic E-state index is 11.1. The zero-order valence-corrected chi connectivity index (χ0v) is 13.2. The van der Waals surface area contributed by atoms with Gasteiger partial charge in [-0.05, 0) is 32.0 Å². The normalized spacial score (nSPS) is 10.6. The van der Waals surface area contributed by atoms with Gasteiger partial charge in [0.15, 0.2) is 0 Å². The van der Waals surface area contributed by atoms with Gasteiger partial charge in [0.1, 0.15) is 0 Å². The number of nitrogens with two attached hydrogens (primary N) is 1. The summed E-state index contributed by atoms with van der Waals surface area (Å²) in [6, 6.07) is 5.38. The number of benzene rings is 1. The second-order valence-electron chi connectivity index (χ2n) is 4.59. The Morgan fingerprint density at radius 3 is 2.76 bits per heavy atom. The number of halogens is 1. The van der Waals surface area contributed by atoms with Gasteiger partial charge in [0.2, 0.25) is 0 Å². The predicted octanol–water partition coefficient (Wildman–Crippen LogP) is 4.13. The van der Waals surface area contributed by atoms with Gasteiger partial charge < -0.3 is 5.73 Å². The smallest absolute Gasteiger partial charge is 0.278 e. The van der Waals surface area contributed by atoms with Crippen LogP contribution in [0.1, 0.15) is 16.8 Å². The highest BCUT2D eigenvalue weighted by molar-refractivity contribution is 7.98. The van der Waals surface area contributed by atoms with E-state index in [0.717, 1.165) is 4.90 Å². The van der Waals surface area contributed by atoms with Gasteiger partial charge in [0, 0.05) is 28.0 Å². The van der Waals surface area contributed by atoms with Crippen molar-refractivity contribution in [3.8, 4) is 0 Å². The lowest BCUT2D eigenvalue weighted by atomic mass is 10.1. The molecule has 0 unspecified atom stereocenters. The Hall–Kier alpha value is -1.79. The molecule has 2 rings (SSSR count). The summed E-state index contributed by atoms with van der Waals surface area (Å²) in [7, 11) is 0. The van der Waals surface area contributed by atoms with Crippen molar-refractivity contribution in [1.82, 2.24) is 4.98 Å². The van der Waals surface area contributed by atoms with Crippen LogP contribution < -0.4 is 5.73 Å². The molecule has 2 aromatic rings. The first kappa shape index (κ1) is 15.6. The molecule has 2 N–H and O–H groups in total. The number of aryl methyl sites for hydroxylation is 1. The Morgan fingerprint density at radius 1 is 1.43 bits per heavy atom. The van der Waals surface area contributed by atoms with Gasteiger partial charge in [0.05, 0.1) is 21.3 Å². The van der Waals surface area contributed by atoms with Crippen LogP contribution in [0.15, 0.2) is 29.3 Å². The Bertz CT molecular complexity index is 707. The molecule has 0 fully saturated rings. The quantitative estimate of drug-likeness (QED) is 0.396. The summed E-state index contributed by atoms with van der Waals surface area (Å²) in [5.74, 6) is 0.535. The molecule has 21 heavy (non-hydrogen) atoms. The first-order chi connectivity index (χ1) is 9.90. The minimum atomic E-state index is -0.361. The highest BCUT2D eigenvalue weighted by Gasteiger charge is 2.18. The molecular weight excluding hydrogens is 310 g/mol. The third-order valence-electron chi connectivity index (χ3n) is 3.11. The minimum Gasteiger partial charge on any atom is -0.398 e. The SMILES string of the molecule is Cc1cnc(CSc2ccc(N)c(Cl)c2)c(C)c1[N+](=O)[O-]. The van der Waals surface area contributed by atoms with Crippen LogP contribution in [-0.2, 0) is 5.75 Å². The molecule has 0 aliphatic heterocycles. The number of hydrogen-bond acceptors (Lipinski definition) is 5. The van der Waals surface area contributed by atoms with Crippen LogP contribution in [0, 0.1) is 24.0 Å². The van der Waals surface area contributed by atoms with Gasteiger partial charge in [-0.25, -0.2) is 0 Å². The minimum absolute atomic E-state index is 0.135. The van der Waals surface area contributed by atoms with E-state index < -0.39 is 0 Å². The number of hydrogen-bond donors (Lipinski definition) is 1. The molecule has 110 valence electrons. The Kier molecular flexibility index (Phi) is 4.69. The molecule has 0 spiro atoms. The molecule has 0 atom stereocenters. The van der Waals surface area contributed by atoms with E-state index in [2.05, 4.69) is 4.98 Å². The van der Waals surface area contributed by atoms with E-state index in [1.807, 2.05) is 6.07 Å². The van der Waals surface area contributed by atoms with E-state index in [1.165, 1.54) is 18.0 Å². The van der Waals surface area contributed by atoms with Crippen LogP contribution >= 0.6 is 23.4 Å². The van der Waals surface area contributed by atoms with Crippen LogP contribution in [-0.4, -0.2) is 9.91 Å². The van der Waals surface area contributed by atoms with Crippen molar-refractivity contribution in [2.24, 2.45) is 0 Å². The first-order valence-electron chi connectivity index (χ1n) is 6.17. The van der Waals surface area contributed by atoms with Crippen LogP contribution in [0.25, 0.3) is 0 Å². The van der Waals surface area contributed by atoms with Crippen molar-refractivity contribution < 1.29 is 4.92 Å². The number of thioether (sulfide) groups is 1. The molecule has 0 saturated heterocycles. The third-order valence-corrected chi connectivity index (χ3v) is 4.44. The summed E-state index contributed by atoms with van der Waals surface area (Å²) in [4.78, 5) is 16.0. The van der Waals surface area contributed by atoms with E-state index in [4.69, 9.17) is 17.3 Å². The second kappa shape index (κ2) is 6.32. The average Bonchev–Trinajstić information content (AvgIpc) is 2.41. The monoisotopic (exact) mass is 323 g/mol. The van der Waals surface area contributed by atoms with Crippen LogP contribution in [0.2, 0.25) is 5.02 Å². The molecule has 1 aromatic heterocycles. The molecular formula is C14H14ClN3O2S. The fourth-order valence-electron chi connectivity index (χ4n) is 1.94. The van der Waals surface area contributed by atoms with E-state index in [1.54, 1.807) is 26.0 Å². The number of nitrogens with zero attached hydrogens (tertiary/aromatic N) is 2. The zero-order chi connectivity index (χ0) is 15.6. The third kappa shape index (κ3) is 3.46. The number of nitro groups is 1. The highest BCUT2D eigenvalue weighted by atomic mass is 35.5. The Morgan fingerprint density at radius 2 is 2.14 bits per heavy atom. The Labute approximate surface area is 131 Å². The number of anilines is 1. The lowest BCUT2D eigenvalue weighted by Gasteiger charge is -2.08. The average molecular weight is 324 g/mol. The second-order valence-corrected chi connectivity index (χ2v) is 6.05. The fraction of sp³-hybridized carbons (Fsp3) is 0.214. The van der Waals surface area contributed by atoms with Crippen molar-refractivity contribution in [2.75, 3.05) is 5.73 Å². The molecule has 0 amide bonds. The molecule has 0 bridgehead atoms. The molecule has 7 heteroatoms. The van der Waals surface area contributed by atoms with Crippen LogP contribution in [0.5, 0.6) is 0 Å². The molecule has 0 saturated carbocycles. The van der Waals surface area contributed by atoms with Crippen molar-refractivity contribution in [3.63, 3.8) is 0 Å².